The van der Waals surface area contributed by atoms with E-state index in [0.29, 0.717) is 24.6 Å². The Balaban J connectivity index is 2.48. The van der Waals surface area contributed by atoms with Gasteiger partial charge < -0.3 is 19.7 Å². The van der Waals surface area contributed by atoms with E-state index in [1.54, 1.807) is 0 Å². The molecule has 0 aromatic carbocycles. The number of carboxylic acid groups (broad SMARTS) is 1. The van der Waals surface area contributed by atoms with Crippen LogP contribution in [0, 0.1) is 0 Å². The molecule has 0 radical (unpaired) electrons. The molecular weight excluding hydrogens is 302 g/mol. The average Bonchev–Trinajstić information content (AvgIpc) is 2.87. The van der Waals surface area contributed by atoms with Gasteiger partial charge in [0.05, 0.1) is 6.61 Å². The summed E-state index contributed by atoms with van der Waals surface area (Å²) in [6.07, 6.45) is 1.12. The first-order valence-electron chi connectivity index (χ1n) is 7.45. The molecule has 1 heterocycles. The van der Waals surface area contributed by atoms with Crippen LogP contribution in [0.2, 0.25) is 0 Å². The van der Waals surface area contributed by atoms with Crippen molar-refractivity contribution in [1.82, 2.24) is 15.5 Å². The molecule has 1 amide bonds. The second kappa shape index (κ2) is 7.54. The number of aliphatic carboxylic acids is 1. The second-order valence-electron chi connectivity index (χ2n) is 6.73. The third-order valence-corrected chi connectivity index (χ3v) is 3.25. The number of rotatable bonds is 8. The Morgan fingerprint density at radius 2 is 1.96 bits per heavy atom. The highest BCUT2D eigenvalue weighted by Crippen LogP contribution is 2.19. The van der Waals surface area contributed by atoms with Gasteiger partial charge in [0.25, 0.3) is 0 Å². The zero-order valence-corrected chi connectivity index (χ0v) is 14.3. The van der Waals surface area contributed by atoms with Crippen molar-refractivity contribution in [2.45, 2.75) is 57.9 Å². The van der Waals surface area contributed by atoms with Crippen molar-refractivity contribution in [1.29, 1.82) is 0 Å². The van der Waals surface area contributed by atoms with Crippen LogP contribution in [0.25, 0.3) is 0 Å². The van der Waals surface area contributed by atoms with E-state index in [1.165, 1.54) is 14.0 Å². The maximum Gasteiger partial charge on any atom is 0.331 e. The molecule has 23 heavy (non-hydrogen) atoms. The van der Waals surface area contributed by atoms with Gasteiger partial charge in [0.15, 0.2) is 11.4 Å². The van der Waals surface area contributed by atoms with Crippen LogP contribution in [0.4, 0.5) is 0 Å². The fourth-order valence-corrected chi connectivity index (χ4v) is 1.87. The van der Waals surface area contributed by atoms with Gasteiger partial charge in [-0.05, 0) is 13.3 Å². The Morgan fingerprint density at radius 3 is 2.43 bits per heavy atom. The Kier molecular flexibility index (Phi) is 6.26. The quantitative estimate of drug-likeness (QED) is 0.739. The number of methoxy groups -OCH3 is 1. The predicted octanol–water partition coefficient (Wildman–Crippen LogP) is 1.30. The molecular formula is C15H25N3O5. The standard InChI is InChI=1S/C15H25N3O5/c1-14(2,3)12-16-11(23-18-12)8-6-7-10(19)17-15(4,9-22-5)13(20)21/h6-9H2,1-5H3,(H,17,19)(H,20,21). The first-order chi connectivity index (χ1) is 10.6. The molecule has 2 N–H and O–H groups in total. The van der Waals surface area contributed by atoms with Crippen LogP contribution in [0.3, 0.4) is 0 Å². The van der Waals surface area contributed by atoms with E-state index < -0.39 is 11.5 Å². The molecule has 0 spiro atoms. The van der Waals surface area contributed by atoms with Crippen LogP contribution >= 0.6 is 0 Å². The van der Waals surface area contributed by atoms with E-state index in [2.05, 4.69) is 15.5 Å². The first-order valence-corrected chi connectivity index (χ1v) is 7.45. The highest BCUT2D eigenvalue weighted by Gasteiger charge is 2.34. The van der Waals surface area contributed by atoms with Crippen LogP contribution in [0.1, 0.15) is 52.3 Å². The lowest BCUT2D eigenvalue weighted by Gasteiger charge is -2.25. The first kappa shape index (κ1) is 19.1. The van der Waals surface area contributed by atoms with E-state index in [4.69, 9.17) is 14.4 Å². The molecule has 1 aromatic heterocycles. The zero-order valence-electron chi connectivity index (χ0n) is 14.3. The summed E-state index contributed by atoms with van der Waals surface area (Å²) in [6.45, 7) is 7.25. The molecule has 0 aliphatic heterocycles. The number of aromatic nitrogens is 2. The fraction of sp³-hybridized carbons (Fsp3) is 0.733. The predicted molar refractivity (Wildman–Crippen MR) is 82.0 cm³/mol. The molecule has 130 valence electrons. The minimum absolute atomic E-state index is 0.104. The summed E-state index contributed by atoms with van der Waals surface area (Å²) >= 11 is 0. The highest BCUT2D eigenvalue weighted by atomic mass is 16.5. The number of hydrogen-bond donors (Lipinski definition) is 2. The number of ether oxygens (including phenoxy) is 1. The summed E-state index contributed by atoms with van der Waals surface area (Å²) in [7, 11) is 1.38. The highest BCUT2D eigenvalue weighted by molar-refractivity contribution is 5.86. The lowest BCUT2D eigenvalue weighted by Crippen LogP contribution is -2.55. The lowest BCUT2D eigenvalue weighted by atomic mass is 9.96. The van der Waals surface area contributed by atoms with Crippen molar-refractivity contribution in [3.8, 4) is 0 Å². The fourth-order valence-electron chi connectivity index (χ4n) is 1.87. The number of carbonyl (C=O) groups excluding carboxylic acids is 1. The molecule has 0 fully saturated rings. The van der Waals surface area contributed by atoms with Gasteiger partial charge in [-0.25, -0.2) is 4.79 Å². The van der Waals surface area contributed by atoms with Crippen molar-refractivity contribution >= 4 is 11.9 Å². The van der Waals surface area contributed by atoms with Gasteiger partial charge >= 0.3 is 5.97 Å². The third-order valence-electron chi connectivity index (χ3n) is 3.25. The van der Waals surface area contributed by atoms with E-state index in [1.807, 2.05) is 20.8 Å². The number of hydrogen-bond acceptors (Lipinski definition) is 6. The molecule has 0 saturated carbocycles. The second-order valence-corrected chi connectivity index (χ2v) is 6.73. The molecule has 0 saturated heterocycles. The monoisotopic (exact) mass is 327 g/mol. The van der Waals surface area contributed by atoms with Crippen molar-refractivity contribution in [2.24, 2.45) is 0 Å². The van der Waals surface area contributed by atoms with Crippen molar-refractivity contribution in [3.63, 3.8) is 0 Å². The molecule has 0 bridgehead atoms. The van der Waals surface area contributed by atoms with E-state index >= 15 is 0 Å². The number of nitrogens with one attached hydrogen (secondary N) is 1. The minimum atomic E-state index is -1.43. The molecule has 0 aliphatic carbocycles. The van der Waals surface area contributed by atoms with Crippen LogP contribution in [-0.4, -0.2) is 46.4 Å². The molecule has 1 unspecified atom stereocenters. The van der Waals surface area contributed by atoms with Crippen molar-refractivity contribution in [2.75, 3.05) is 13.7 Å². The molecule has 8 nitrogen and oxygen atoms in total. The zero-order chi connectivity index (χ0) is 17.7. The van der Waals surface area contributed by atoms with E-state index in [-0.39, 0.29) is 24.3 Å². The topological polar surface area (TPSA) is 115 Å². The Labute approximate surface area is 135 Å². The van der Waals surface area contributed by atoms with Gasteiger partial charge in [0.1, 0.15) is 0 Å². The van der Waals surface area contributed by atoms with Gasteiger partial charge in [-0.2, -0.15) is 4.98 Å². The van der Waals surface area contributed by atoms with E-state index in [0.717, 1.165) is 0 Å². The van der Waals surface area contributed by atoms with Gasteiger partial charge in [-0.15, -0.1) is 0 Å². The van der Waals surface area contributed by atoms with Gasteiger partial charge in [-0.1, -0.05) is 25.9 Å². The van der Waals surface area contributed by atoms with Gasteiger partial charge in [0, 0.05) is 25.4 Å². The summed E-state index contributed by atoms with van der Waals surface area (Å²) in [5.41, 5.74) is -1.63. The average molecular weight is 327 g/mol. The summed E-state index contributed by atoms with van der Waals surface area (Å²) in [5, 5.41) is 15.6. The number of nitrogens with zero attached hydrogens (tertiary/aromatic N) is 2. The third kappa shape index (κ3) is 5.63. The summed E-state index contributed by atoms with van der Waals surface area (Å²) in [6, 6.07) is 0. The number of carbonyl (C=O) groups is 2. The molecule has 0 aliphatic rings. The van der Waals surface area contributed by atoms with Crippen LogP contribution < -0.4 is 5.32 Å². The SMILES string of the molecule is COCC(C)(NC(=O)CCCc1nc(C(C)(C)C)no1)C(=O)O. The number of carboxylic acids is 1. The Bertz CT molecular complexity index is 550. The normalized spacial score (nSPS) is 14.3. The molecule has 1 aromatic rings. The minimum Gasteiger partial charge on any atom is -0.479 e. The molecule has 8 heteroatoms. The van der Waals surface area contributed by atoms with Crippen LogP contribution in [0.5, 0.6) is 0 Å². The van der Waals surface area contributed by atoms with Gasteiger partial charge in [0.2, 0.25) is 11.8 Å². The van der Waals surface area contributed by atoms with Crippen LogP contribution in [-0.2, 0) is 26.2 Å². The summed E-state index contributed by atoms with van der Waals surface area (Å²) in [5.74, 6) is -0.405. The lowest BCUT2D eigenvalue weighted by molar-refractivity contribution is -0.149. The summed E-state index contributed by atoms with van der Waals surface area (Å²) < 4.78 is 9.99. The number of aryl methyl sites for hydroxylation is 1. The number of amides is 1. The summed E-state index contributed by atoms with van der Waals surface area (Å²) in [4.78, 5) is 27.4. The Morgan fingerprint density at radius 1 is 1.30 bits per heavy atom. The maximum atomic E-state index is 11.9. The van der Waals surface area contributed by atoms with Crippen molar-refractivity contribution in [3.05, 3.63) is 11.7 Å². The van der Waals surface area contributed by atoms with Crippen LogP contribution in [0.15, 0.2) is 4.52 Å². The van der Waals surface area contributed by atoms with E-state index in [9.17, 15) is 9.59 Å². The maximum absolute atomic E-state index is 11.9. The smallest absolute Gasteiger partial charge is 0.331 e. The van der Waals surface area contributed by atoms with Gasteiger partial charge in [-0.3, -0.25) is 4.79 Å². The largest absolute Gasteiger partial charge is 0.479 e. The Hall–Kier alpha value is -1.96. The molecule has 1 rings (SSSR count). The van der Waals surface area contributed by atoms with Crippen molar-refractivity contribution < 1.29 is 24.0 Å². The molecule has 1 atom stereocenters.